The average Bonchev–Trinajstić information content (AvgIpc) is 2.04. The fourth-order valence-corrected chi connectivity index (χ4v) is 1.15. The first kappa shape index (κ1) is 9.07. The van der Waals surface area contributed by atoms with E-state index in [4.69, 9.17) is 16.6 Å². The summed E-state index contributed by atoms with van der Waals surface area (Å²) in [5.41, 5.74) is 0.547. The Labute approximate surface area is 78.7 Å². The van der Waals surface area contributed by atoms with Gasteiger partial charge in [-0.1, -0.05) is 29.8 Å². The van der Waals surface area contributed by atoms with Crippen LogP contribution < -0.4 is 5.46 Å². The zero-order chi connectivity index (χ0) is 8.27. The molecule has 0 amide bonds. The monoisotopic (exact) mass is 234 g/mol. The van der Waals surface area contributed by atoms with E-state index in [0.29, 0.717) is 10.5 Å². The molecule has 0 saturated carbocycles. The van der Waals surface area contributed by atoms with E-state index < -0.39 is 7.12 Å². The van der Waals surface area contributed by atoms with Gasteiger partial charge in [-0.05, 0) is 6.07 Å². The maximum atomic E-state index is 9.16. The molecule has 5 heteroatoms. The second-order valence-electron chi connectivity index (χ2n) is 1.96. The molecule has 0 aliphatic heterocycles. The lowest BCUT2D eigenvalue weighted by molar-refractivity contribution is 0.480. The van der Waals surface area contributed by atoms with Crippen LogP contribution in [0.5, 0.6) is 0 Å². The summed E-state index contributed by atoms with van der Waals surface area (Å²) in [6.45, 7) is 0. The van der Waals surface area contributed by atoms with Gasteiger partial charge in [0.15, 0.2) is 0 Å². The number of rotatable bonds is 2. The van der Waals surface area contributed by atoms with Crippen LogP contribution in [-0.2, 0) is 3.75 Å². The van der Waals surface area contributed by atoms with Crippen molar-refractivity contribution in [2.45, 2.75) is 0 Å². The van der Waals surface area contributed by atoms with Crippen LogP contribution in [0.4, 0.5) is 0 Å². The van der Waals surface area contributed by atoms with Crippen LogP contribution in [0, 0.1) is 0 Å². The van der Waals surface area contributed by atoms with E-state index in [9.17, 15) is 0 Å². The SMILES string of the molecule is OB(OBr)c1ccccc1Cl. The highest BCUT2D eigenvalue weighted by molar-refractivity contribution is 9.06. The zero-order valence-electron chi connectivity index (χ0n) is 5.50. The highest BCUT2D eigenvalue weighted by Gasteiger charge is 2.17. The van der Waals surface area contributed by atoms with Gasteiger partial charge in [-0.2, -0.15) is 0 Å². The Morgan fingerprint density at radius 2 is 2.09 bits per heavy atom. The molecule has 1 aromatic rings. The maximum absolute atomic E-state index is 9.16. The van der Waals surface area contributed by atoms with E-state index in [0.717, 1.165) is 0 Å². The van der Waals surface area contributed by atoms with Crippen LogP contribution in [0.2, 0.25) is 5.02 Å². The third-order valence-corrected chi connectivity index (χ3v) is 1.95. The predicted octanol–water partition coefficient (Wildman–Crippen LogP) is 1.35. The summed E-state index contributed by atoms with van der Waals surface area (Å²) < 4.78 is 4.50. The molecule has 0 aromatic heterocycles. The van der Waals surface area contributed by atoms with E-state index in [1.165, 1.54) is 0 Å². The average molecular weight is 235 g/mol. The molecule has 1 N–H and O–H groups in total. The van der Waals surface area contributed by atoms with Gasteiger partial charge in [0.25, 0.3) is 0 Å². The van der Waals surface area contributed by atoms with Crippen molar-refractivity contribution >= 4 is 40.4 Å². The maximum Gasteiger partial charge on any atom is 0.503 e. The Kier molecular flexibility index (Phi) is 3.39. The molecule has 0 spiro atoms. The molecular formula is C6H5BBrClO2. The van der Waals surface area contributed by atoms with E-state index in [1.807, 2.05) is 0 Å². The summed E-state index contributed by atoms with van der Waals surface area (Å²) in [5, 5.41) is 9.64. The first-order chi connectivity index (χ1) is 5.25. The molecule has 58 valence electrons. The van der Waals surface area contributed by atoms with Crippen molar-refractivity contribution in [3.05, 3.63) is 29.3 Å². The number of benzene rings is 1. The number of hydrogen-bond acceptors (Lipinski definition) is 2. The molecule has 0 radical (unpaired) electrons. The van der Waals surface area contributed by atoms with Crippen molar-refractivity contribution in [3.8, 4) is 0 Å². The van der Waals surface area contributed by atoms with Gasteiger partial charge < -0.3 is 8.77 Å². The molecule has 0 fully saturated rings. The summed E-state index contributed by atoms with van der Waals surface area (Å²) in [7, 11) is -1.01. The largest absolute Gasteiger partial charge is 0.503 e. The Morgan fingerprint density at radius 3 is 2.64 bits per heavy atom. The summed E-state index contributed by atoms with van der Waals surface area (Å²) in [6.07, 6.45) is 0. The summed E-state index contributed by atoms with van der Waals surface area (Å²) >= 11 is 8.41. The standard InChI is InChI=1S/C6H5BBrClO2/c8-11-7(10)5-3-1-2-4-6(5)9/h1-4,10H. The zero-order valence-corrected chi connectivity index (χ0v) is 7.84. The van der Waals surface area contributed by atoms with Gasteiger partial charge in [-0.25, -0.2) is 0 Å². The van der Waals surface area contributed by atoms with Gasteiger partial charge in [-0.15, -0.1) is 0 Å². The van der Waals surface area contributed by atoms with E-state index in [1.54, 1.807) is 24.3 Å². The van der Waals surface area contributed by atoms with Gasteiger partial charge in [0.2, 0.25) is 0 Å². The molecule has 0 saturated heterocycles. The highest BCUT2D eigenvalue weighted by atomic mass is 79.9. The third kappa shape index (κ3) is 2.20. The minimum atomic E-state index is -1.01. The molecule has 0 atom stereocenters. The Bertz CT molecular complexity index is 246. The van der Waals surface area contributed by atoms with Crippen LogP contribution >= 0.6 is 27.9 Å². The molecule has 2 nitrogen and oxygen atoms in total. The minimum absolute atomic E-state index is 0.486. The minimum Gasteiger partial charge on any atom is -0.423 e. The van der Waals surface area contributed by atoms with Crippen molar-refractivity contribution in [2.75, 3.05) is 0 Å². The van der Waals surface area contributed by atoms with Crippen molar-refractivity contribution in [1.29, 1.82) is 0 Å². The Balaban J connectivity index is 2.93. The summed E-state index contributed by atoms with van der Waals surface area (Å²) in [5.74, 6) is 0. The first-order valence-corrected chi connectivity index (χ1v) is 3.98. The van der Waals surface area contributed by atoms with Crippen molar-refractivity contribution in [3.63, 3.8) is 0 Å². The number of hydrogen-bond donors (Lipinski definition) is 1. The van der Waals surface area contributed by atoms with Crippen molar-refractivity contribution in [2.24, 2.45) is 0 Å². The normalized spacial score (nSPS) is 9.73. The first-order valence-electron chi connectivity index (χ1n) is 2.95. The van der Waals surface area contributed by atoms with Gasteiger partial charge in [0, 0.05) is 10.5 Å². The fourth-order valence-electron chi connectivity index (χ4n) is 0.723. The van der Waals surface area contributed by atoms with Gasteiger partial charge in [0.05, 0.1) is 16.3 Å². The molecule has 0 heterocycles. The lowest BCUT2D eigenvalue weighted by Gasteiger charge is -2.02. The second kappa shape index (κ2) is 4.11. The Morgan fingerprint density at radius 1 is 1.45 bits per heavy atom. The molecule has 1 rings (SSSR count). The van der Waals surface area contributed by atoms with Crippen LogP contribution in [-0.4, -0.2) is 12.1 Å². The summed E-state index contributed by atoms with van der Waals surface area (Å²) in [4.78, 5) is 0. The molecule has 0 bridgehead atoms. The van der Waals surface area contributed by atoms with Crippen LogP contribution in [0.3, 0.4) is 0 Å². The molecule has 1 aromatic carbocycles. The van der Waals surface area contributed by atoms with Gasteiger partial charge in [-0.3, -0.25) is 0 Å². The Hall–Kier alpha value is -0.0251. The lowest BCUT2D eigenvalue weighted by Crippen LogP contribution is -2.31. The highest BCUT2D eigenvalue weighted by Crippen LogP contribution is 2.05. The predicted molar refractivity (Wildman–Crippen MR) is 49.1 cm³/mol. The fraction of sp³-hybridized carbons (Fsp3) is 0. The molecular weight excluding hydrogens is 230 g/mol. The van der Waals surface area contributed by atoms with Crippen LogP contribution in [0.1, 0.15) is 0 Å². The van der Waals surface area contributed by atoms with Crippen LogP contribution in [0.25, 0.3) is 0 Å². The molecule has 0 unspecified atom stereocenters. The third-order valence-electron chi connectivity index (χ3n) is 1.26. The lowest BCUT2D eigenvalue weighted by atomic mass is 9.80. The quantitative estimate of drug-likeness (QED) is 0.784. The van der Waals surface area contributed by atoms with Gasteiger partial charge in [0.1, 0.15) is 0 Å². The second-order valence-corrected chi connectivity index (χ2v) is 2.74. The van der Waals surface area contributed by atoms with E-state index in [2.05, 4.69) is 20.0 Å². The van der Waals surface area contributed by atoms with Gasteiger partial charge >= 0.3 is 7.12 Å². The molecule has 0 aliphatic rings. The van der Waals surface area contributed by atoms with Crippen molar-refractivity contribution in [1.82, 2.24) is 0 Å². The number of halogens is 2. The molecule has 0 aliphatic carbocycles. The van der Waals surface area contributed by atoms with E-state index in [-0.39, 0.29) is 0 Å². The van der Waals surface area contributed by atoms with E-state index >= 15 is 0 Å². The summed E-state index contributed by atoms with van der Waals surface area (Å²) in [6, 6.07) is 6.93. The molecule has 11 heavy (non-hydrogen) atoms. The van der Waals surface area contributed by atoms with Crippen LogP contribution in [0.15, 0.2) is 24.3 Å². The smallest absolute Gasteiger partial charge is 0.423 e. The van der Waals surface area contributed by atoms with Crippen molar-refractivity contribution < 1.29 is 8.77 Å². The topological polar surface area (TPSA) is 29.5 Å².